The number of rotatable bonds is 4. The Morgan fingerprint density at radius 2 is 2.00 bits per heavy atom. The molecule has 15 heavy (non-hydrogen) atoms. The molecule has 0 aromatic heterocycles. The van der Waals surface area contributed by atoms with Crippen LogP contribution in [-0.4, -0.2) is 11.9 Å². The minimum Gasteiger partial charge on any atom is -0.312 e. The molecule has 82 valence electrons. The normalized spacial score (nSPS) is 25.7. The van der Waals surface area contributed by atoms with Crippen LogP contribution in [-0.2, 0) is 6.54 Å². The third kappa shape index (κ3) is 3.22. The maximum atomic E-state index is 6.22. The van der Waals surface area contributed by atoms with Gasteiger partial charge in [0.2, 0.25) is 0 Å². The summed E-state index contributed by atoms with van der Waals surface area (Å²) in [6.45, 7) is 2.02. The SMILES string of the molecule is ClC1CCCC1CNCc1ccccc1. The van der Waals surface area contributed by atoms with E-state index in [0.717, 1.165) is 13.1 Å². The van der Waals surface area contributed by atoms with Gasteiger partial charge in [-0.1, -0.05) is 36.8 Å². The molecule has 2 heteroatoms. The van der Waals surface area contributed by atoms with Gasteiger partial charge < -0.3 is 5.32 Å². The van der Waals surface area contributed by atoms with Crippen molar-refractivity contribution in [2.45, 2.75) is 31.2 Å². The van der Waals surface area contributed by atoms with Gasteiger partial charge in [0.1, 0.15) is 0 Å². The maximum Gasteiger partial charge on any atom is 0.0376 e. The topological polar surface area (TPSA) is 12.0 Å². The van der Waals surface area contributed by atoms with Gasteiger partial charge in [-0.2, -0.15) is 0 Å². The van der Waals surface area contributed by atoms with Crippen LogP contribution in [0.5, 0.6) is 0 Å². The molecule has 0 amide bonds. The first-order valence-electron chi connectivity index (χ1n) is 5.75. The van der Waals surface area contributed by atoms with E-state index >= 15 is 0 Å². The second kappa shape index (κ2) is 5.53. The van der Waals surface area contributed by atoms with Gasteiger partial charge in [-0.3, -0.25) is 0 Å². The van der Waals surface area contributed by atoms with Crippen LogP contribution >= 0.6 is 11.6 Å². The monoisotopic (exact) mass is 223 g/mol. The summed E-state index contributed by atoms with van der Waals surface area (Å²) in [7, 11) is 0. The molecule has 0 bridgehead atoms. The zero-order valence-corrected chi connectivity index (χ0v) is 9.71. The van der Waals surface area contributed by atoms with E-state index in [0.29, 0.717) is 11.3 Å². The molecule has 1 nitrogen and oxygen atoms in total. The van der Waals surface area contributed by atoms with Crippen LogP contribution in [0.3, 0.4) is 0 Å². The van der Waals surface area contributed by atoms with Crippen molar-refractivity contribution < 1.29 is 0 Å². The third-order valence-corrected chi connectivity index (χ3v) is 3.72. The Balaban J connectivity index is 1.71. The molecule has 0 radical (unpaired) electrons. The summed E-state index contributed by atoms with van der Waals surface area (Å²) in [4.78, 5) is 0. The van der Waals surface area contributed by atoms with Crippen LogP contribution in [0.4, 0.5) is 0 Å². The fourth-order valence-electron chi connectivity index (χ4n) is 2.22. The van der Waals surface area contributed by atoms with Crippen LogP contribution in [0.1, 0.15) is 24.8 Å². The molecule has 1 fully saturated rings. The first-order valence-corrected chi connectivity index (χ1v) is 6.18. The molecule has 1 saturated carbocycles. The van der Waals surface area contributed by atoms with E-state index in [4.69, 9.17) is 11.6 Å². The minimum absolute atomic E-state index is 0.397. The number of hydrogen-bond acceptors (Lipinski definition) is 1. The van der Waals surface area contributed by atoms with E-state index in [1.54, 1.807) is 0 Å². The molecule has 1 aromatic rings. The van der Waals surface area contributed by atoms with Crippen molar-refractivity contribution in [3.8, 4) is 0 Å². The van der Waals surface area contributed by atoms with Crippen molar-refractivity contribution >= 4 is 11.6 Å². The summed E-state index contributed by atoms with van der Waals surface area (Å²) in [5.41, 5.74) is 1.35. The number of alkyl halides is 1. The molecular weight excluding hydrogens is 206 g/mol. The van der Waals surface area contributed by atoms with Gasteiger partial charge in [-0.15, -0.1) is 11.6 Å². The lowest BCUT2D eigenvalue weighted by molar-refractivity contribution is 0.494. The zero-order chi connectivity index (χ0) is 10.5. The summed E-state index contributed by atoms with van der Waals surface area (Å²) in [6, 6.07) is 10.5. The summed E-state index contributed by atoms with van der Waals surface area (Å²) in [5, 5.41) is 3.89. The minimum atomic E-state index is 0.397. The van der Waals surface area contributed by atoms with Gasteiger partial charge in [-0.25, -0.2) is 0 Å². The highest BCUT2D eigenvalue weighted by Gasteiger charge is 2.24. The second-order valence-corrected chi connectivity index (χ2v) is 4.88. The summed E-state index contributed by atoms with van der Waals surface area (Å²) < 4.78 is 0. The number of nitrogens with one attached hydrogen (secondary N) is 1. The summed E-state index contributed by atoms with van der Waals surface area (Å²) in [6.07, 6.45) is 3.78. The second-order valence-electron chi connectivity index (χ2n) is 4.32. The Morgan fingerprint density at radius 1 is 1.20 bits per heavy atom. The highest BCUT2D eigenvalue weighted by atomic mass is 35.5. The highest BCUT2D eigenvalue weighted by Crippen LogP contribution is 2.29. The molecule has 1 aliphatic rings. The lowest BCUT2D eigenvalue weighted by Gasteiger charge is -2.14. The molecule has 0 spiro atoms. The average Bonchev–Trinajstić information content (AvgIpc) is 2.66. The van der Waals surface area contributed by atoms with E-state index < -0.39 is 0 Å². The van der Waals surface area contributed by atoms with Crippen LogP contribution in [0.15, 0.2) is 30.3 Å². The van der Waals surface area contributed by atoms with Crippen LogP contribution in [0, 0.1) is 5.92 Å². The van der Waals surface area contributed by atoms with Crippen molar-refractivity contribution in [2.24, 2.45) is 5.92 Å². The van der Waals surface area contributed by atoms with E-state index in [1.807, 2.05) is 0 Å². The predicted molar refractivity (Wildman–Crippen MR) is 65.1 cm³/mol. The maximum absolute atomic E-state index is 6.22. The molecule has 1 aromatic carbocycles. The fourth-order valence-corrected chi connectivity index (χ4v) is 2.59. The van der Waals surface area contributed by atoms with Gasteiger partial charge in [0, 0.05) is 11.9 Å². The highest BCUT2D eigenvalue weighted by molar-refractivity contribution is 6.20. The Hall–Kier alpha value is -0.530. The Labute approximate surface area is 96.8 Å². The van der Waals surface area contributed by atoms with Crippen LogP contribution < -0.4 is 5.32 Å². The van der Waals surface area contributed by atoms with Crippen LogP contribution in [0.25, 0.3) is 0 Å². The first-order chi connectivity index (χ1) is 7.36. The van der Waals surface area contributed by atoms with Crippen LogP contribution in [0.2, 0.25) is 0 Å². The van der Waals surface area contributed by atoms with Gasteiger partial charge >= 0.3 is 0 Å². The lowest BCUT2D eigenvalue weighted by Crippen LogP contribution is -2.25. The molecule has 1 aliphatic carbocycles. The van der Waals surface area contributed by atoms with E-state index in [2.05, 4.69) is 35.6 Å². The van der Waals surface area contributed by atoms with Gasteiger partial charge in [-0.05, 0) is 30.9 Å². The van der Waals surface area contributed by atoms with Crippen molar-refractivity contribution in [1.29, 1.82) is 0 Å². The number of halogens is 1. The van der Waals surface area contributed by atoms with Gasteiger partial charge in [0.15, 0.2) is 0 Å². The lowest BCUT2D eigenvalue weighted by atomic mass is 10.1. The number of hydrogen-bond donors (Lipinski definition) is 1. The largest absolute Gasteiger partial charge is 0.312 e. The quantitative estimate of drug-likeness (QED) is 0.774. The zero-order valence-electron chi connectivity index (χ0n) is 8.95. The summed E-state index contributed by atoms with van der Waals surface area (Å²) in [5.74, 6) is 0.676. The van der Waals surface area contributed by atoms with Crippen molar-refractivity contribution in [2.75, 3.05) is 6.54 Å². The number of benzene rings is 1. The Morgan fingerprint density at radius 3 is 2.67 bits per heavy atom. The van der Waals surface area contributed by atoms with Crippen molar-refractivity contribution in [3.05, 3.63) is 35.9 Å². The van der Waals surface area contributed by atoms with E-state index in [-0.39, 0.29) is 0 Å². The standard InChI is InChI=1S/C13H18ClN/c14-13-8-4-7-12(13)10-15-9-11-5-2-1-3-6-11/h1-3,5-6,12-13,15H,4,7-10H2. The molecule has 0 heterocycles. The molecular formula is C13H18ClN. The average molecular weight is 224 g/mol. The molecule has 2 atom stereocenters. The molecule has 0 saturated heterocycles. The third-order valence-electron chi connectivity index (χ3n) is 3.14. The van der Waals surface area contributed by atoms with E-state index in [1.165, 1.54) is 24.8 Å². The molecule has 0 aliphatic heterocycles. The molecule has 2 rings (SSSR count). The Kier molecular flexibility index (Phi) is 4.04. The van der Waals surface area contributed by atoms with Crippen molar-refractivity contribution in [3.63, 3.8) is 0 Å². The molecule has 2 unspecified atom stereocenters. The smallest absolute Gasteiger partial charge is 0.0376 e. The molecule has 1 N–H and O–H groups in total. The van der Waals surface area contributed by atoms with E-state index in [9.17, 15) is 0 Å². The van der Waals surface area contributed by atoms with Gasteiger partial charge in [0.05, 0.1) is 0 Å². The van der Waals surface area contributed by atoms with Crippen molar-refractivity contribution in [1.82, 2.24) is 5.32 Å². The first kappa shape index (κ1) is 11.0. The Bertz CT molecular complexity index is 286. The van der Waals surface area contributed by atoms with Gasteiger partial charge in [0.25, 0.3) is 0 Å². The fraction of sp³-hybridized carbons (Fsp3) is 0.538. The predicted octanol–water partition coefficient (Wildman–Crippen LogP) is 3.18. The summed E-state index contributed by atoms with van der Waals surface area (Å²) >= 11 is 6.22.